The first-order valence-electron chi connectivity index (χ1n) is 2.86. The first-order valence-corrected chi connectivity index (χ1v) is 3.17. The third-order valence-electron chi connectivity index (χ3n) is 1.15. The summed E-state index contributed by atoms with van der Waals surface area (Å²) in [7, 11) is 0. The van der Waals surface area contributed by atoms with Crippen LogP contribution in [0.1, 0.15) is 5.56 Å². The second kappa shape index (κ2) is 3.18. The maximum atomic E-state index is 12.1. The summed E-state index contributed by atoms with van der Waals surface area (Å²) in [5.41, 5.74) is -0.986. The van der Waals surface area contributed by atoms with Gasteiger partial charge in [-0.3, -0.25) is 0 Å². The predicted molar refractivity (Wildman–Crippen MR) is 35.7 cm³/mol. The van der Waals surface area contributed by atoms with Gasteiger partial charge >= 0.3 is 6.18 Å². The van der Waals surface area contributed by atoms with Crippen molar-refractivity contribution in [3.05, 3.63) is 23.9 Å². The molecule has 0 N–H and O–H groups in total. The molecule has 0 aliphatic rings. The van der Waals surface area contributed by atoms with E-state index in [0.29, 0.717) is 0 Å². The fraction of sp³-hybridized carbons (Fsp3) is 0.167. The summed E-state index contributed by atoms with van der Waals surface area (Å²) < 4.78 is 40.1. The van der Waals surface area contributed by atoms with E-state index in [0.717, 1.165) is 18.3 Å². The van der Waals surface area contributed by atoms with Gasteiger partial charge in [0.1, 0.15) is 17.4 Å². The summed E-state index contributed by atoms with van der Waals surface area (Å²) in [6.07, 6.45) is -3.33. The van der Waals surface area contributed by atoms with Gasteiger partial charge in [0.05, 0.1) is 0 Å². The van der Waals surface area contributed by atoms with Crippen molar-refractivity contribution in [2.24, 2.45) is 0 Å². The highest BCUT2D eigenvalue weighted by Crippen LogP contribution is 2.34. The lowest BCUT2D eigenvalue weighted by atomic mass is 10.3. The third-order valence-corrected chi connectivity index (χ3v) is 1.30. The van der Waals surface area contributed by atoms with Gasteiger partial charge in [-0.2, -0.15) is 13.2 Å². The molecule has 1 aromatic rings. The zero-order chi connectivity index (χ0) is 9.19. The fourth-order valence-electron chi connectivity index (χ4n) is 0.668. The van der Waals surface area contributed by atoms with Crippen LogP contribution < -0.4 is 4.29 Å². The molecule has 0 aliphatic heterocycles. The maximum absolute atomic E-state index is 12.1. The second-order valence-corrected chi connectivity index (χ2v) is 2.09. The molecule has 0 bridgehead atoms. The highest BCUT2D eigenvalue weighted by atomic mass is 35.5. The molecule has 2 nitrogen and oxygen atoms in total. The number of alkyl halides is 3. The average Bonchev–Trinajstić information content (AvgIpc) is 2.03. The van der Waals surface area contributed by atoms with Crippen LogP contribution in [-0.2, 0) is 6.18 Å². The lowest BCUT2D eigenvalue weighted by Crippen LogP contribution is -2.06. The Balaban J connectivity index is 3.14. The van der Waals surface area contributed by atoms with Crippen molar-refractivity contribution in [2.45, 2.75) is 6.18 Å². The number of hydrogen-bond acceptors (Lipinski definition) is 2. The number of rotatable bonds is 1. The van der Waals surface area contributed by atoms with E-state index < -0.39 is 17.6 Å². The van der Waals surface area contributed by atoms with Crippen molar-refractivity contribution in [1.29, 1.82) is 0 Å². The number of nitrogens with zero attached hydrogens (tertiary/aromatic N) is 1. The topological polar surface area (TPSA) is 22.1 Å². The molecule has 1 aromatic heterocycles. The number of aromatic nitrogens is 1. The van der Waals surface area contributed by atoms with Crippen molar-refractivity contribution in [1.82, 2.24) is 4.98 Å². The molecule has 0 saturated carbocycles. The Kier molecular flexibility index (Phi) is 2.42. The standard InChI is InChI=1S/C6H3ClF3NO/c7-12-5-4(6(8,9)10)2-1-3-11-5/h1-3H. The van der Waals surface area contributed by atoms with Crippen LogP contribution in [0.25, 0.3) is 0 Å². The summed E-state index contributed by atoms with van der Waals surface area (Å²) in [5.74, 6) is -0.633. The highest BCUT2D eigenvalue weighted by Gasteiger charge is 2.35. The van der Waals surface area contributed by atoms with Crippen molar-refractivity contribution in [2.75, 3.05) is 0 Å². The van der Waals surface area contributed by atoms with Crippen LogP contribution in [0, 0.1) is 0 Å². The minimum absolute atomic E-state index is 0.633. The molecule has 0 fully saturated rings. The van der Waals surface area contributed by atoms with Crippen LogP contribution in [0.2, 0.25) is 0 Å². The SMILES string of the molecule is FC(F)(F)c1cccnc1OCl. The third kappa shape index (κ3) is 1.79. The number of pyridine rings is 1. The van der Waals surface area contributed by atoms with Gasteiger partial charge in [-0.1, -0.05) is 0 Å². The molecule has 0 spiro atoms. The summed E-state index contributed by atoms with van der Waals surface area (Å²) in [4.78, 5) is 3.29. The Morgan fingerprint density at radius 3 is 2.50 bits per heavy atom. The minimum Gasteiger partial charge on any atom is -0.364 e. The maximum Gasteiger partial charge on any atom is 0.421 e. The molecule has 0 radical (unpaired) electrons. The molecule has 1 rings (SSSR count). The Bertz CT molecular complexity index is 276. The van der Waals surface area contributed by atoms with E-state index in [1.165, 1.54) is 0 Å². The molecule has 1 heterocycles. The van der Waals surface area contributed by atoms with Crippen LogP contribution in [0.4, 0.5) is 13.2 Å². The molecule has 12 heavy (non-hydrogen) atoms. The molecular weight excluding hydrogens is 195 g/mol. The number of hydrogen-bond donors (Lipinski definition) is 0. The van der Waals surface area contributed by atoms with E-state index in [4.69, 9.17) is 11.9 Å². The summed E-state index contributed by atoms with van der Waals surface area (Å²) >= 11 is 4.78. The van der Waals surface area contributed by atoms with E-state index in [1.807, 2.05) is 0 Å². The quantitative estimate of drug-likeness (QED) is 0.691. The largest absolute Gasteiger partial charge is 0.421 e. The van der Waals surface area contributed by atoms with Crippen LogP contribution in [0.15, 0.2) is 18.3 Å². The summed E-state index contributed by atoms with van der Waals surface area (Å²) in [6.45, 7) is 0. The zero-order valence-electron chi connectivity index (χ0n) is 5.60. The van der Waals surface area contributed by atoms with Gasteiger partial charge in [0, 0.05) is 6.20 Å². The van der Waals surface area contributed by atoms with Crippen LogP contribution in [0.3, 0.4) is 0 Å². The van der Waals surface area contributed by atoms with Gasteiger partial charge in [0.25, 0.3) is 0 Å². The normalized spacial score (nSPS) is 11.3. The lowest BCUT2D eigenvalue weighted by molar-refractivity contribution is -0.138. The van der Waals surface area contributed by atoms with Crippen molar-refractivity contribution in [3.8, 4) is 5.88 Å². The first-order chi connectivity index (χ1) is 5.55. The first kappa shape index (κ1) is 9.12. The van der Waals surface area contributed by atoms with Crippen LogP contribution in [0.5, 0.6) is 5.88 Å². The van der Waals surface area contributed by atoms with E-state index in [2.05, 4.69) is 9.27 Å². The Labute approximate surface area is 71.1 Å². The molecule has 0 aromatic carbocycles. The van der Waals surface area contributed by atoms with E-state index in [9.17, 15) is 13.2 Å². The molecule has 0 aliphatic carbocycles. The van der Waals surface area contributed by atoms with Gasteiger partial charge in [-0.05, 0) is 12.1 Å². The Morgan fingerprint density at radius 2 is 2.08 bits per heavy atom. The average molecular weight is 198 g/mol. The van der Waals surface area contributed by atoms with Gasteiger partial charge < -0.3 is 4.29 Å². The van der Waals surface area contributed by atoms with Crippen LogP contribution >= 0.6 is 11.9 Å². The molecule has 0 amide bonds. The van der Waals surface area contributed by atoms with Gasteiger partial charge in [-0.25, -0.2) is 4.98 Å². The van der Waals surface area contributed by atoms with E-state index in [1.54, 1.807) is 0 Å². The van der Waals surface area contributed by atoms with Crippen molar-refractivity contribution < 1.29 is 17.5 Å². The molecule has 0 unspecified atom stereocenters. The molecule has 66 valence electrons. The monoisotopic (exact) mass is 197 g/mol. The summed E-state index contributed by atoms with van der Waals surface area (Å²) in [6, 6.07) is 1.99. The van der Waals surface area contributed by atoms with Crippen LogP contribution in [-0.4, -0.2) is 4.98 Å². The fourth-order valence-corrected chi connectivity index (χ4v) is 0.791. The minimum atomic E-state index is -4.49. The second-order valence-electron chi connectivity index (χ2n) is 1.93. The van der Waals surface area contributed by atoms with Gasteiger partial charge in [0.2, 0.25) is 5.88 Å². The molecule has 0 saturated heterocycles. The lowest BCUT2D eigenvalue weighted by Gasteiger charge is -2.07. The van der Waals surface area contributed by atoms with Crippen molar-refractivity contribution >= 4 is 11.9 Å². The number of halogens is 4. The van der Waals surface area contributed by atoms with Gasteiger partial charge in [-0.15, -0.1) is 0 Å². The smallest absolute Gasteiger partial charge is 0.364 e. The molecule has 0 atom stereocenters. The summed E-state index contributed by atoms with van der Waals surface area (Å²) in [5, 5.41) is 0. The molecule has 6 heteroatoms. The Morgan fingerprint density at radius 1 is 1.42 bits per heavy atom. The van der Waals surface area contributed by atoms with Gasteiger partial charge in [0.15, 0.2) is 0 Å². The van der Waals surface area contributed by atoms with E-state index in [-0.39, 0.29) is 0 Å². The van der Waals surface area contributed by atoms with Crippen molar-refractivity contribution in [3.63, 3.8) is 0 Å². The molecular formula is C6H3ClF3NO. The Hall–Kier alpha value is -0.970. The zero-order valence-corrected chi connectivity index (χ0v) is 6.36. The predicted octanol–water partition coefficient (Wildman–Crippen LogP) is 2.63. The van der Waals surface area contributed by atoms with E-state index >= 15 is 0 Å². The highest BCUT2D eigenvalue weighted by molar-refractivity contribution is 6.09.